The Balaban J connectivity index is 1.79. The highest BCUT2D eigenvalue weighted by molar-refractivity contribution is 7.89. The maximum absolute atomic E-state index is 12.8. The van der Waals surface area contributed by atoms with Crippen LogP contribution in [0.25, 0.3) is 0 Å². The molecule has 1 amide bonds. The first-order valence-electron chi connectivity index (χ1n) is 8.87. The first-order valence-corrected chi connectivity index (χ1v) is 10.3. The second-order valence-corrected chi connectivity index (χ2v) is 8.50. The summed E-state index contributed by atoms with van der Waals surface area (Å²) < 4.78 is 32.6. The Hall–Kier alpha value is -3.40. The van der Waals surface area contributed by atoms with E-state index in [1.165, 1.54) is 40.7 Å². The third-order valence-corrected chi connectivity index (χ3v) is 6.71. The van der Waals surface area contributed by atoms with Crippen molar-refractivity contribution < 1.29 is 17.9 Å². The number of primary amides is 1. The maximum Gasteiger partial charge on any atom is 0.243 e. The molecule has 2 aromatic carbocycles. The van der Waals surface area contributed by atoms with Crippen LogP contribution in [0.3, 0.4) is 0 Å². The third kappa shape index (κ3) is 4.21. The fraction of sp³-hybridized carbons (Fsp3) is 0.250. The fourth-order valence-electron chi connectivity index (χ4n) is 3.15. The van der Waals surface area contributed by atoms with Crippen molar-refractivity contribution in [3.8, 4) is 23.6 Å². The van der Waals surface area contributed by atoms with Crippen LogP contribution in [0, 0.1) is 28.6 Å². The number of amides is 1. The molecule has 2 N–H and O–H groups in total. The fourth-order valence-corrected chi connectivity index (χ4v) is 4.62. The van der Waals surface area contributed by atoms with Crippen molar-refractivity contribution in [1.82, 2.24) is 4.31 Å². The van der Waals surface area contributed by atoms with E-state index in [0.717, 1.165) is 0 Å². The molecule has 0 aromatic heterocycles. The Labute approximate surface area is 168 Å². The molecule has 0 aliphatic carbocycles. The number of nitrogens with two attached hydrogens (primary N) is 1. The van der Waals surface area contributed by atoms with Gasteiger partial charge in [-0.25, -0.2) is 8.42 Å². The minimum atomic E-state index is -3.71. The SMILES string of the molecule is N#Cc1cccc(C#N)c1Oc1ccc(S(=O)(=O)N2CCC(C(N)=O)CC2)cc1. The standard InChI is InChI=1S/C20H18N4O4S/c21-12-15-2-1-3-16(13-22)19(15)28-17-4-6-18(7-5-17)29(26,27)24-10-8-14(9-11-24)20(23)25/h1-7,14H,8-11H2,(H2,23,25). The summed E-state index contributed by atoms with van der Waals surface area (Å²) in [6, 6.07) is 14.3. The molecule has 148 valence electrons. The van der Waals surface area contributed by atoms with E-state index in [1.807, 2.05) is 12.1 Å². The largest absolute Gasteiger partial charge is 0.455 e. The van der Waals surface area contributed by atoms with Crippen molar-refractivity contribution in [2.75, 3.05) is 13.1 Å². The molecular formula is C20H18N4O4S. The van der Waals surface area contributed by atoms with Crippen LogP contribution in [-0.2, 0) is 14.8 Å². The summed E-state index contributed by atoms with van der Waals surface area (Å²) >= 11 is 0. The van der Waals surface area contributed by atoms with Crippen LogP contribution in [0.5, 0.6) is 11.5 Å². The van der Waals surface area contributed by atoms with E-state index in [-0.39, 0.29) is 40.8 Å². The number of nitrogens with zero attached hydrogens (tertiary/aromatic N) is 3. The van der Waals surface area contributed by atoms with Gasteiger partial charge in [0.2, 0.25) is 15.9 Å². The summed E-state index contributed by atoms with van der Waals surface area (Å²) in [4.78, 5) is 11.4. The van der Waals surface area contributed by atoms with Crippen molar-refractivity contribution >= 4 is 15.9 Å². The first-order chi connectivity index (χ1) is 13.9. The van der Waals surface area contributed by atoms with Gasteiger partial charge in [-0.05, 0) is 49.2 Å². The van der Waals surface area contributed by atoms with E-state index in [9.17, 15) is 23.7 Å². The minimum Gasteiger partial charge on any atom is -0.455 e. The summed E-state index contributed by atoms with van der Waals surface area (Å²) in [6.45, 7) is 0.463. The predicted octanol–water partition coefficient (Wildman–Crippen LogP) is 2.11. The topological polar surface area (TPSA) is 137 Å². The highest BCUT2D eigenvalue weighted by atomic mass is 32.2. The van der Waals surface area contributed by atoms with Gasteiger partial charge in [0.25, 0.3) is 0 Å². The number of hydrogen-bond acceptors (Lipinski definition) is 6. The van der Waals surface area contributed by atoms with Crippen molar-refractivity contribution in [1.29, 1.82) is 10.5 Å². The van der Waals surface area contributed by atoms with Crippen LogP contribution >= 0.6 is 0 Å². The lowest BCUT2D eigenvalue weighted by Crippen LogP contribution is -2.41. The van der Waals surface area contributed by atoms with Gasteiger partial charge in [0.1, 0.15) is 17.9 Å². The van der Waals surface area contributed by atoms with Gasteiger partial charge in [-0.3, -0.25) is 4.79 Å². The maximum atomic E-state index is 12.8. The Bertz CT molecular complexity index is 1070. The van der Waals surface area contributed by atoms with Crippen LogP contribution in [0.2, 0.25) is 0 Å². The molecule has 1 saturated heterocycles. The molecule has 1 fully saturated rings. The highest BCUT2D eigenvalue weighted by Crippen LogP contribution is 2.30. The Kier molecular flexibility index (Phi) is 5.83. The molecule has 0 spiro atoms. The summed E-state index contributed by atoms with van der Waals surface area (Å²) in [7, 11) is -3.71. The zero-order valence-corrected chi connectivity index (χ0v) is 16.2. The number of carbonyl (C=O) groups excluding carboxylic acids is 1. The average molecular weight is 410 g/mol. The summed E-state index contributed by atoms with van der Waals surface area (Å²) in [5.41, 5.74) is 5.71. The quantitative estimate of drug-likeness (QED) is 0.801. The monoisotopic (exact) mass is 410 g/mol. The second kappa shape index (κ2) is 8.31. The van der Waals surface area contributed by atoms with Gasteiger partial charge in [-0.15, -0.1) is 0 Å². The normalized spacial score (nSPS) is 15.2. The molecule has 9 heteroatoms. The number of piperidine rings is 1. The lowest BCUT2D eigenvalue weighted by atomic mass is 9.98. The molecule has 8 nitrogen and oxygen atoms in total. The number of benzene rings is 2. The summed E-state index contributed by atoms with van der Waals surface area (Å²) in [5, 5.41) is 18.4. The van der Waals surface area contributed by atoms with Gasteiger partial charge in [-0.1, -0.05) is 6.07 Å². The van der Waals surface area contributed by atoms with Gasteiger partial charge in [0.15, 0.2) is 5.75 Å². The van der Waals surface area contributed by atoms with Crippen molar-refractivity contribution in [2.24, 2.45) is 11.7 Å². The van der Waals surface area contributed by atoms with Crippen LogP contribution in [-0.4, -0.2) is 31.7 Å². The molecule has 2 aromatic rings. The number of para-hydroxylation sites is 1. The minimum absolute atomic E-state index is 0.0939. The zero-order valence-electron chi connectivity index (χ0n) is 15.4. The first kappa shape index (κ1) is 20.3. The lowest BCUT2D eigenvalue weighted by Gasteiger charge is -2.29. The molecule has 0 bridgehead atoms. The molecule has 0 atom stereocenters. The van der Waals surface area contributed by atoms with Gasteiger partial charge >= 0.3 is 0 Å². The number of hydrogen-bond donors (Lipinski definition) is 1. The van der Waals surface area contributed by atoms with Gasteiger partial charge in [0.05, 0.1) is 16.0 Å². The number of ether oxygens (including phenoxy) is 1. The van der Waals surface area contributed by atoms with Gasteiger partial charge < -0.3 is 10.5 Å². The molecule has 29 heavy (non-hydrogen) atoms. The lowest BCUT2D eigenvalue weighted by molar-refractivity contribution is -0.122. The van der Waals surface area contributed by atoms with E-state index >= 15 is 0 Å². The number of rotatable bonds is 5. The predicted molar refractivity (Wildman–Crippen MR) is 103 cm³/mol. The second-order valence-electron chi connectivity index (χ2n) is 6.56. The van der Waals surface area contributed by atoms with Gasteiger partial charge in [-0.2, -0.15) is 14.8 Å². The number of sulfonamides is 1. The van der Waals surface area contributed by atoms with Crippen molar-refractivity contribution in [2.45, 2.75) is 17.7 Å². The highest BCUT2D eigenvalue weighted by Gasteiger charge is 2.31. The average Bonchev–Trinajstić information content (AvgIpc) is 2.74. The number of nitriles is 2. The molecule has 0 saturated carbocycles. The van der Waals surface area contributed by atoms with E-state index in [0.29, 0.717) is 18.6 Å². The molecular weight excluding hydrogens is 392 g/mol. The van der Waals surface area contributed by atoms with Crippen LogP contribution in [0.1, 0.15) is 24.0 Å². The molecule has 1 heterocycles. The van der Waals surface area contributed by atoms with Crippen LogP contribution in [0.4, 0.5) is 0 Å². The van der Waals surface area contributed by atoms with E-state index < -0.39 is 15.9 Å². The molecule has 3 rings (SSSR count). The van der Waals surface area contributed by atoms with Crippen LogP contribution in [0.15, 0.2) is 47.4 Å². The Morgan fingerprint density at radius 3 is 2.07 bits per heavy atom. The number of carbonyl (C=O) groups is 1. The summed E-state index contributed by atoms with van der Waals surface area (Å²) in [5.74, 6) is -0.276. The van der Waals surface area contributed by atoms with E-state index in [4.69, 9.17) is 10.5 Å². The van der Waals surface area contributed by atoms with E-state index in [1.54, 1.807) is 6.07 Å². The van der Waals surface area contributed by atoms with Crippen molar-refractivity contribution in [3.63, 3.8) is 0 Å². The van der Waals surface area contributed by atoms with Gasteiger partial charge in [0, 0.05) is 19.0 Å². The van der Waals surface area contributed by atoms with Crippen LogP contribution < -0.4 is 10.5 Å². The van der Waals surface area contributed by atoms with E-state index in [2.05, 4.69) is 0 Å². The van der Waals surface area contributed by atoms with Crippen molar-refractivity contribution in [3.05, 3.63) is 53.6 Å². The third-order valence-electron chi connectivity index (χ3n) is 4.79. The molecule has 0 unspecified atom stereocenters. The smallest absolute Gasteiger partial charge is 0.243 e. The Morgan fingerprint density at radius 1 is 1.03 bits per heavy atom. The Morgan fingerprint density at radius 2 is 1.59 bits per heavy atom. The summed E-state index contributed by atoms with van der Waals surface area (Å²) in [6.07, 6.45) is 0.801. The molecule has 1 aliphatic rings. The zero-order chi connectivity index (χ0) is 21.0. The molecule has 1 aliphatic heterocycles. The molecule has 0 radical (unpaired) electrons.